The molecule has 14 heteroatoms. The molecule has 1 unspecified atom stereocenters. The van der Waals surface area contributed by atoms with Gasteiger partial charge in [-0.05, 0) is 12.2 Å². The first-order valence-electron chi connectivity index (χ1n) is 12.6. The third-order valence-electron chi connectivity index (χ3n) is 7.02. The number of hydrogen-bond donors (Lipinski definition) is 7. The number of quaternary nitrogens is 1. The molecule has 3 aliphatic heterocycles. The number of aliphatic hydroxyl groups is 4. The third kappa shape index (κ3) is 7.22. The van der Waals surface area contributed by atoms with Gasteiger partial charge in [0.15, 0.2) is 6.29 Å². The number of hydrogen-bond acceptors (Lipinski definition) is 11. The molecular weight excluding hydrogens is 532 g/mol. The van der Waals surface area contributed by atoms with Gasteiger partial charge in [-0.1, -0.05) is 18.2 Å². The number of amides is 1. The monoisotopic (exact) mass is 566 g/mol. The number of primary amides is 1. The molecule has 0 spiro atoms. The van der Waals surface area contributed by atoms with Crippen LogP contribution < -0.4 is 15.7 Å². The highest BCUT2D eigenvalue weighted by molar-refractivity contribution is 5.92. The molecule has 3 rings (SSSR count). The molecule has 0 aromatic heterocycles. The summed E-state index contributed by atoms with van der Waals surface area (Å²) >= 11 is 0. The topological polar surface area (TPSA) is 234 Å². The van der Waals surface area contributed by atoms with Crippen molar-refractivity contribution < 1.29 is 64.1 Å². The normalized spacial score (nSPS) is 34.9. The fourth-order valence-electron chi connectivity index (χ4n) is 4.79. The fourth-order valence-corrected chi connectivity index (χ4v) is 4.79. The van der Waals surface area contributed by atoms with Gasteiger partial charge >= 0.3 is 5.97 Å². The molecular formula is C26H34N2O12. The van der Waals surface area contributed by atoms with E-state index in [2.05, 4.69) is 6.58 Å². The zero-order valence-electron chi connectivity index (χ0n) is 21.4. The van der Waals surface area contributed by atoms with Crippen molar-refractivity contribution in [2.75, 3.05) is 13.2 Å². The molecule has 0 aromatic carbocycles. The van der Waals surface area contributed by atoms with Crippen molar-refractivity contribution >= 4 is 17.8 Å². The van der Waals surface area contributed by atoms with Crippen LogP contribution in [0.1, 0.15) is 12.8 Å². The van der Waals surface area contributed by atoms with Gasteiger partial charge in [-0.25, -0.2) is 0 Å². The minimum Gasteiger partial charge on any atom is -0.544 e. The maximum Gasteiger partial charge on any atom is 0.303 e. The van der Waals surface area contributed by atoms with Crippen LogP contribution in [0.4, 0.5) is 0 Å². The largest absolute Gasteiger partial charge is 0.544 e. The molecule has 0 aromatic rings. The Morgan fingerprint density at radius 1 is 1.23 bits per heavy atom. The SMILES string of the molecule is C=C[C@H]1[C@H](O[C@@H]2O[C@H](CO)[C@@H](O)[C@H](O)[C@H]2O)OC=C(C(N)=O)[C@H]1/C=C/C1=CC=C[NH+]([C@@H](CCC(=O)O)C(=O)[O-])C1. The molecule has 3 aliphatic rings. The summed E-state index contributed by atoms with van der Waals surface area (Å²) in [4.78, 5) is 35.3. The van der Waals surface area contributed by atoms with Crippen LogP contribution in [0.2, 0.25) is 0 Å². The van der Waals surface area contributed by atoms with Crippen molar-refractivity contribution in [2.45, 2.75) is 55.9 Å². The molecule has 40 heavy (non-hydrogen) atoms. The van der Waals surface area contributed by atoms with E-state index in [0.717, 1.165) is 6.26 Å². The zero-order chi connectivity index (χ0) is 29.6. The van der Waals surface area contributed by atoms with Gasteiger partial charge in [-0.15, -0.1) is 6.58 Å². The second-order valence-electron chi connectivity index (χ2n) is 9.63. The van der Waals surface area contributed by atoms with Gasteiger partial charge in [0.05, 0.1) is 37.0 Å². The van der Waals surface area contributed by atoms with E-state index in [-0.39, 0.29) is 25.0 Å². The summed E-state index contributed by atoms with van der Waals surface area (Å²) in [5.41, 5.74) is 6.28. The molecule has 1 amide bonds. The summed E-state index contributed by atoms with van der Waals surface area (Å²) in [6.45, 7) is 3.31. The molecule has 0 bridgehead atoms. The summed E-state index contributed by atoms with van der Waals surface area (Å²) in [5.74, 6) is -4.81. The lowest BCUT2D eigenvalue weighted by Crippen LogP contribution is -3.13. The molecule has 14 nitrogen and oxygen atoms in total. The molecule has 0 saturated carbocycles. The van der Waals surface area contributed by atoms with Crippen LogP contribution in [0.5, 0.6) is 0 Å². The predicted octanol–water partition coefficient (Wildman–Crippen LogP) is -4.18. The standard InChI is InChI=1S/C26H34N2O12/c1-2-14-15(6-5-13-4-3-9-28(10-13)17(24(36)37)7-8-19(30)31)16(23(27)35)12-38-25(14)40-26-22(34)21(33)20(32)18(11-29)39-26/h2-6,9,12,14-15,17-18,20-22,25-26,29,32-34H,1,7-8,10-11H2,(H2,27,35)(H,30,31)(H,36,37)/b6-5+/t14-,15+,17+,18-,20-,21+,22-,25+,26+/m1/s1. The van der Waals surface area contributed by atoms with E-state index in [1.54, 1.807) is 30.5 Å². The first-order chi connectivity index (χ1) is 19.0. The van der Waals surface area contributed by atoms with Crippen molar-refractivity contribution in [3.8, 4) is 0 Å². The highest BCUT2D eigenvalue weighted by Gasteiger charge is 2.47. The maximum atomic E-state index is 12.2. The Morgan fingerprint density at radius 3 is 2.55 bits per heavy atom. The number of ether oxygens (including phenoxy) is 3. The highest BCUT2D eigenvalue weighted by atomic mass is 16.8. The molecule has 1 saturated heterocycles. The Balaban J connectivity index is 1.79. The van der Waals surface area contributed by atoms with Gasteiger partial charge < -0.3 is 55.4 Å². The van der Waals surface area contributed by atoms with Gasteiger partial charge in [-0.3, -0.25) is 14.5 Å². The van der Waals surface area contributed by atoms with Crippen LogP contribution >= 0.6 is 0 Å². The average Bonchev–Trinajstić information content (AvgIpc) is 2.91. The van der Waals surface area contributed by atoms with E-state index in [4.69, 9.17) is 25.1 Å². The molecule has 0 aliphatic carbocycles. The number of nitrogens with two attached hydrogens (primary N) is 1. The summed E-state index contributed by atoms with van der Waals surface area (Å²) in [5, 5.41) is 60.5. The minimum atomic E-state index is -1.69. The van der Waals surface area contributed by atoms with Crippen LogP contribution in [0, 0.1) is 11.8 Å². The minimum absolute atomic E-state index is 0.0695. The Hall–Kier alpha value is -3.37. The Bertz CT molecular complexity index is 1080. The Kier molecular flexibility index (Phi) is 10.8. The number of carbonyl (C=O) groups is 3. The molecule has 8 N–H and O–H groups in total. The van der Waals surface area contributed by atoms with E-state index in [1.165, 1.54) is 6.08 Å². The Labute approximate surface area is 229 Å². The lowest BCUT2D eigenvalue weighted by atomic mass is 9.83. The van der Waals surface area contributed by atoms with Crippen molar-refractivity contribution in [1.29, 1.82) is 0 Å². The predicted molar refractivity (Wildman–Crippen MR) is 132 cm³/mol. The molecule has 0 radical (unpaired) electrons. The number of carbonyl (C=O) groups excluding carboxylic acids is 2. The van der Waals surface area contributed by atoms with Gasteiger partial charge in [0.2, 0.25) is 12.2 Å². The summed E-state index contributed by atoms with van der Waals surface area (Å²) in [6, 6.07) is -1.09. The summed E-state index contributed by atoms with van der Waals surface area (Å²) < 4.78 is 16.7. The number of carboxylic acid groups (broad SMARTS) is 2. The van der Waals surface area contributed by atoms with Crippen molar-refractivity contribution in [3.63, 3.8) is 0 Å². The maximum absolute atomic E-state index is 12.2. The van der Waals surface area contributed by atoms with Crippen molar-refractivity contribution in [3.05, 3.63) is 60.6 Å². The van der Waals surface area contributed by atoms with Crippen molar-refractivity contribution in [1.82, 2.24) is 0 Å². The lowest BCUT2D eigenvalue weighted by Gasteiger charge is -2.42. The van der Waals surface area contributed by atoms with E-state index < -0.39 is 79.3 Å². The van der Waals surface area contributed by atoms with Gasteiger partial charge in [0.1, 0.15) is 37.0 Å². The molecule has 1 fully saturated rings. The van der Waals surface area contributed by atoms with Gasteiger partial charge in [0, 0.05) is 23.8 Å². The second kappa shape index (κ2) is 13.8. The average molecular weight is 567 g/mol. The third-order valence-corrected chi connectivity index (χ3v) is 7.02. The second-order valence-corrected chi connectivity index (χ2v) is 9.63. The van der Waals surface area contributed by atoms with E-state index in [1.807, 2.05) is 0 Å². The smallest absolute Gasteiger partial charge is 0.303 e. The number of nitrogens with one attached hydrogen (secondary N) is 1. The number of rotatable bonds is 12. The lowest BCUT2D eigenvalue weighted by molar-refractivity contribution is -0.863. The molecule has 220 valence electrons. The number of aliphatic carboxylic acids is 2. The van der Waals surface area contributed by atoms with E-state index in [0.29, 0.717) is 10.5 Å². The molecule has 3 heterocycles. The van der Waals surface area contributed by atoms with E-state index >= 15 is 0 Å². The number of carboxylic acids is 2. The van der Waals surface area contributed by atoms with Gasteiger partial charge in [0.25, 0.3) is 0 Å². The highest BCUT2D eigenvalue weighted by Crippen LogP contribution is 2.35. The Morgan fingerprint density at radius 2 is 1.95 bits per heavy atom. The van der Waals surface area contributed by atoms with Gasteiger partial charge in [-0.2, -0.15) is 0 Å². The number of aliphatic hydroxyl groups excluding tert-OH is 4. The van der Waals surface area contributed by atoms with Crippen LogP contribution in [0.3, 0.4) is 0 Å². The van der Waals surface area contributed by atoms with Crippen LogP contribution in [0.25, 0.3) is 0 Å². The zero-order valence-corrected chi connectivity index (χ0v) is 21.4. The first kappa shape index (κ1) is 31.2. The van der Waals surface area contributed by atoms with E-state index in [9.17, 15) is 39.9 Å². The van der Waals surface area contributed by atoms with Crippen LogP contribution in [-0.2, 0) is 28.6 Å². The van der Waals surface area contributed by atoms with Crippen LogP contribution in [0.15, 0.2) is 60.6 Å². The quantitative estimate of drug-likeness (QED) is 0.112. The van der Waals surface area contributed by atoms with Crippen molar-refractivity contribution in [2.24, 2.45) is 17.6 Å². The number of allylic oxidation sites excluding steroid dienone is 3. The summed E-state index contributed by atoms with van der Waals surface area (Å²) in [6.07, 6.45) is 1.43. The molecule has 10 atom stereocenters. The van der Waals surface area contributed by atoms with Crippen LogP contribution in [-0.4, -0.2) is 99.6 Å². The summed E-state index contributed by atoms with van der Waals surface area (Å²) in [7, 11) is 0. The fraction of sp³-hybridized carbons (Fsp3) is 0.500. The first-order valence-corrected chi connectivity index (χ1v) is 12.6.